The molecule has 0 atom stereocenters. The lowest BCUT2D eigenvalue weighted by atomic mass is 10.2. The molecular weight excluding hydrogens is 238 g/mol. The molecule has 1 aliphatic rings. The number of hydrogen-bond donors (Lipinski definition) is 1. The number of aromatic amines is 1. The van der Waals surface area contributed by atoms with Gasteiger partial charge < -0.3 is 0 Å². The van der Waals surface area contributed by atoms with E-state index in [0.29, 0.717) is 23.1 Å². The van der Waals surface area contributed by atoms with Crippen LogP contribution in [-0.4, -0.2) is 35.5 Å². The van der Waals surface area contributed by atoms with Gasteiger partial charge in [0, 0.05) is 12.6 Å². The minimum absolute atomic E-state index is 0.191. The second-order valence-electron chi connectivity index (χ2n) is 5.06. The van der Waals surface area contributed by atoms with E-state index in [1.165, 1.54) is 6.20 Å². The number of aryl methyl sites for hydroxylation is 1. The fourth-order valence-electron chi connectivity index (χ4n) is 1.89. The lowest BCUT2D eigenvalue weighted by Crippen LogP contribution is -2.36. The minimum Gasteiger partial charge on any atom is -0.281 e. The third-order valence-electron chi connectivity index (χ3n) is 2.87. The highest BCUT2D eigenvalue weighted by atomic mass is 32.2. The molecule has 0 amide bonds. The van der Waals surface area contributed by atoms with Crippen LogP contribution >= 0.6 is 0 Å². The maximum absolute atomic E-state index is 12.5. The van der Waals surface area contributed by atoms with Gasteiger partial charge in [0.05, 0.1) is 11.9 Å². The standard InChI is InChI=1S/C11H19N3O2S/c1-8(2)7-14(10-4-5-10)17(15,16)11-6-12-13-9(11)3/h6,8,10H,4-5,7H2,1-3H3,(H,12,13). The van der Waals surface area contributed by atoms with Crippen molar-refractivity contribution in [2.45, 2.75) is 44.6 Å². The van der Waals surface area contributed by atoms with Crippen molar-refractivity contribution in [1.29, 1.82) is 0 Å². The highest BCUT2D eigenvalue weighted by Gasteiger charge is 2.39. The van der Waals surface area contributed by atoms with Crippen molar-refractivity contribution >= 4 is 10.0 Å². The third kappa shape index (κ3) is 2.52. The first kappa shape index (κ1) is 12.6. The van der Waals surface area contributed by atoms with Crippen LogP contribution in [0.2, 0.25) is 0 Å². The van der Waals surface area contributed by atoms with E-state index in [0.717, 1.165) is 12.8 Å². The molecular formula is C11H19N3O2S. The summed E-state index contributed by atoms with van der Waals surface area (Å²) in [5.41, 5.74) is 0.611. The molecule has 1 fully saturated rings. The molecule has 96 valence electrons. The topological polar surface area (TPSA) is 66.1 Å². The molecule has 6 heteroatoms. The van der Waals surface area contributed by atoms with Crippen LogP contribution in [0.3, 0.4) is 0 Å². The Morgan fingerprint density at radius 3 is 2.59 bits per heavy atom. The minimum atomic E-state index is -3.38. The first-order valence-electron chi connectivity index (χ1n) is 5.94. The number of H-pyrrole nitrogens is 1. The van der Waals surface area contributed by atoms with Crippen LogP contribution in [0.25, 0.3) is 0 Å². The number of rotatable bonds is 5. The van der Waals surface area contributed by atoms with Gasteiger partial charge in [0.2, 0.25) is 10.0 Å². The number of nitrogens with zero attached hydrogens (tertiary/aromatic N) is 2. The van der Waals surface area contributed by atoms with Gasteiger partial charge in [-0.2, -0.15) is 9.40 Å². The normalized spacial score (nSPS) is 17.0. The third-order valence-corrected chi connectivity index (χ3v) is 4.90. The molecule has 0 aromatic carbocycles. The first-order valence-corrected chi connectivity index (χ1v) is 7.38. The Morgan fingerprint density at radius 1 is 1.53 bits per heavy atom. The lowest BCUT2D eigenvalue weighted by Gasteiger charge is -2.23. The van der Waals surface area contributed by atoms with Crippen LogP contribution < -0.4 is 0 Å². The Morgan fingerprint density at radius 2 is 2.18 bits per heavy atom. The van der Waals surface area contributed by atoms with E-state index >= 15 is 0 Å². The number of nitrogens with one attached hydrogen (secondary N) is 1. The molecule has 1 aromatic rings. The van der Waals surface area contributed by atoms with Crippen LogP contribution in [0.4, 0.5) is 0 Å². The van der Waals surface area contributed by atoms with Gasteiger partial charge in [-0.05, 0) is 25.7 Å². The summed E-state index contributed by atoms with van der Waals surface area (Å²) in [7, 11) is -3.38. The highest BCUT2D eigenvalue weighted by molar-refractivity contribution is 7.89. The summed E-state index contributed by atoms with van der Waals surface area (Å²) in [5, 5.41) is 6.48. The van der Waals surface area contributed by atoms with Crippen molar-refractivity contribution in [3.63, 3.8) is 0 Å². The van der Waals surface area contributed by atoms with Gasteiger partial charge in [-0.1, -0.05) is 13.8 Å². The van der Waals surface area contributed by atoms with Gasteiger partial charge in [0.15, 0.2) is 0 Å². The molecule has 0 radical (unpaired) electrons. The van der Waals surface area contributed by atoms with Gasteiger partial charge in [-0.15, -0.1) is 0 Å². The van der Waals surface area contributed by atoms with Crippen molar-refractivity contribution in [3.8, 4) is 0 Å². The zero-order valence-electron chi connectivity index (χ0n) is 10.5. The predicted octanol–water partition coefficient (Wildman–Crippen LogP) is 1.53. The molecule has 1 saturated carbocycles. The van der Waals surface area contributed by atoms with E-state index in [9.17, 15) is 8.42 Å². The summed E-state index contributed by atoms with van der Waals surface area (Å²) in [6.45, 7) is 6.39. The maximum Gasteiger partial charge on any atom is 0.246 e. The molecule has 0 saturated heterocycles. The predicted molar refractivity (Wildman–Crippen MR) is 65.1 cm³/mol. The van der Waals surface area contributed by atoms with Crippen LogP contribution in [0.5, 0.6) is 0 Å². The molecule has 17 heavy (non-hydrogen) atoms. The van der Waals surface area contributed by atoms with E-state index in [1.54, 1.807) is 11.2 Å². The van der Waals surface area contributed by atoms with Crippen LogP contribution in [0.15, 0.2) is 11.1 Å². The van der Waals surface area contributed by atoms with Gasteiger partial charge in [0.1, 0.15) is 4.90 Å². The van der Waals surface area contributed by atoms with Gasteiger partial charge in [-0.25, -0.2) is 8.42 Å². The van der Waals surface area contributed by atoms with Crippen molar-refractivity contribution in [2.24, 2.45) is 5.92 Å². The Hall–Kier alpha value is -0.880. The Bertz CT molecular complexity index is 489. The molecule has 0 unspecified atom stereocenters. The molecule has 1 N–H and O–H groups in total. The Kier molecular flexibility index (Phi) is 3.27. The Labute approximate surface area is 102 Å². The van der Waals surface area contributed by atoms with Crippen LogP contribution in [-0.2, 0) is 10.0 Å². The zero-order chi connectivity index (χ0) is 12.6. The summed E-state index contributed by atoms with van der Waals surface area (Å²) in [5.74, 6) is 0.331. The quantitative estimate of drug-likeness (QED) is 0.870. The Balaban J connectivity index is 2.32. The average molecular weight is 257 g/mol. The molecule has 1 aliphatic carbocycles. The molecule has 2 rings (SSSR count). The average Bonchev–Trinajstić information content (AvgIpc) is 2.96. The van der Waals surface area contributed by atoms with Crippen molar-refractivity contribution in [1.82, 2.24) is 14.5 Å². The van der Waals surface area contributed by atoms with Crippen molar-refractivity contribution in [3.05, 3.63) is 11.9 Å². The van der Waals surface area contributed by atoms with E-state index < -0.39 is 10.0 Å². The van der Waals surface area contributed by atoms with Gasteiger partial charge in [-0.3, -0.25) is 5.10 Å². The number of hydrogen-bond acceptors (Lipinski definition) is 3. The molecule has 1 aromatic heterocycles. The first-order chi connectivity index (χ1) is 7.93. The second kappa shape index (κ2) is 4.42. The summed E-state index contributed by atoms with van der Waals surface area (Å²) in [6, 6.07) is 0.191. The smallest absolute Gasteiger partial charge is 0.246 e. The molecule has 0 spiro atoms. The van der Waals surface area contributed by atoms with E-state index in [2.05, 4.69) is 10.2 Å². The largest absolute Gasteiger partial charge is 0.281 e. The second-order valence-corrected chi connectivity index (χ2v) is 6.92. The van der Waals surface area contributed by atoms with Crippen LogP contribution in [0, 0.1) is 12.8 Å². The SMILES string of the molecule is Cc1[nH]ncc1S(=O)(=O)N(CC(C)C)C1CC1. The molecule has 1 heterocycles. The molecule has 5 nitrogen and oxygen atoms in total. The number of sulfonamides is 1. The van der Waals surface area contributed by atoms with Crippen molar-refractivity contribution in [2.75, 3.05) is 6.54 Å². The van der Waals surface area contributed by atoms with E-state index in [1.807, 2.05) is 13.8 Å². The van der Waals surface area contributed by atoms with Gasteiger partial charge in [0.25, 0.3) is 0 Å². The summed E-state index contributed by atoms with van der Waals surface area (Å²) >= 11 is 0. The fourth-order valence-corrected chi connectivity index (χ4v) is 3.86. The summed E-state index contributed by atoms with van der Waals surface area (Å²) < 4.78 is 26.6. The summed E-state index contributed by atoms with van der Waals surface area (Å²) in [4.78, 5) is 0.310. The lowest BCUT2D eigenvalue weighted by molar-refractivity contribution is 0.360. The van der Waals surface area contributed by atoms with Gasteiger partial charge >= 0.3 is 0 Å². The van der Waals surface area contributed by atoms with E-state index in [4.69, 9.17) is 0 Å². The van der Waals surface area contributed by atoms with Crippen LogP contribution in [0.1, 0.15) is 32.4 Å². The molecule has 0 bridgehead atoms. The molecule has 0 aliphatic heterocycles. The number of aromatic nitrogens is 2. The summed E-state index contributed by atoms with van der Waals surface area (Å²) in [6.07, 6.45) is 3.35. The monoisotopic (exact) mass is 257 g/mol. The fraction of sp³-hybridized carbons (Fsp3) is 0.727. The maximum atomic E-state index is 12.5. The highest BCUT2D eigenvalue weighted by Crippen LogP contribution is 2.33. The van der Waals surface area contributed by atoms with Crippen molar-refractivity contribution < 1.29 is 8.42 Å². The zero-order valence-corrected chi connectivity index (χ0v) is 11.3. The van der Waals surface area contributed by atoms with E-state index in [-0.39, 0.29) is 6.04 Å².